The number of carbonyl (C=O) groups excluding carboxylic acids is 1. The summed E-state index contributed by atoms with van der Waals surface area (Å²) in [6.45, 7) is 0. The second kappa shape index (κ2) is 7.85. The molecule has 0 fully saturated rings. The van der Waals surface area contributed by atoms with Gasteiger partial charge in [0, 0.05) is 16.4 Å². The van der Waals surface area contributed by atoms with Crippen LogP contribution in [0.5, 0.6) is 0 Å². The molecule has 0 saturated heterocycles. The number of rotatable bonds is 5. The van der Waals surface area contributed by atoms with Crippen molar-refractivity contribution in [1.29, 1.82) is 0 Å². The normalized spacial score (nSPS) is 11.0. The summed E-state index contributed by atoms with van der Waals surface area (Å²) in [7, 11) is -3.82. The molecule has 27 heavy (non-hydrogen) atoms. The SMILES string of the molecule is O=C(Nc1ccc(F)cc1)c1cncc(NS(=O)(=O)c2ccc(Br)cc2)c1. The Bertz CT molecular complexity index is 1070. The van der Waals surface area contributed by atoms with Gasteiger partial charge >= 0.3 is 0 Å². The number of nitrogens with zero attached hydrogens (tertiary/aromatic N) is 1. The second-order valence-corrected chi connectivity index (χ2v) is 8.08. The predicted molar refractivity (Wildman–Crippen MR) is 104 cm³/mol. The minimum Gasteiger partial charge on any atom is -0.322 e. The molecule has 0 unspecified atom stereocenters. The van der Waals surface area contributed by atoms with Gasteiger partial charge in [0.15, 0.2) is 0 Å². The van der Waals surface area contributed by atoms with Crippen LogP contribution in [0.2, 0.25) is 0 Å². The summed E-state index contributed by atoms with van der Waals surface area (Å²) in [6.07, 6.45) is 2.60. The van der Waals surface area contributed by atoms with E-state index in [4.69, 9.17) is 0 Å². The molecule has 2 N–H and O–H groups in total. The van der Waals surface area contributed by atoms with Crippen LogP contribution in [-0.2, 0) is 10.0 Å². The van der Waals surface area contributed by atoms with Gasteiger partial charge in [0.25, 0.3) is 15.9 Å². The first-order valence-corrected chi connectivity index (χ1v) is 9.91. The van der Waals surface area contributed by atoms with E-state index in [0.29, 0.717) is 5.69 Å². The molecular formula is C18H13BrFN3O3S. The van der Waals surface area contributed by atoms with Gasteiger partial charge in [-0.25, -0.2) is 12.8 Å². The summed E-state index contributed by atoms with van der Waals surface area (Å²) < 4.78 is 40.9. The average molecular weight is 450 g/mol. The fourth-order valence-corrected chi connectivity index (χ4v) is 3.48. The lowest BCUT2D eigenvalue weighted by Crippen LogP contribution is -2.15. The van der Waals surface area contributed by atoms with E-state index in [1.807, 2.05) is 0 Å². The summed E-state index contributed by atoms with van der Waals surface area (Å²) in [4.78, 5) is 16.3. The van der Waals surface area contributed by atoms with Gasteiger partial charge in [-0.15, -0.1) is 0 Å². The van der Waals surface area contributed by atoms with Crippen molar-refractivity contribution in [2.45, 2.75) is 4.90 Å². The zero-order valence-electron chi connectivity index (χ0n) is 13.7. The van der Waals surface area contributed by atoms with Crippen LogP contribution in [0.3, 0.4) is 0 Å². The molecule has 0 spiro atoms. The van der Waals surface area contributed by atoms with Crippen molar-refractivity contribution in [3.8, 4) is 0 Å². The number of halogens is 2. The molecule has 0 bridgehead atoms. The van der Waals surface area contributed by atoms with Gasteiger partial charge < -0.3 is 5.32 Å². The highest BCUT2D eigenvalue weighted by molar-refractivity contribution is 9.10. The van der Waals surface area contributed by atoms with Crippen molar-refractivity contribution in [3.05, 3.63) is 82.8 Å². The topological polar surface area (TPSA) is 88.2 Å². The Hall–Kier alpha value is -2.78. The third-order valence-corrected chi connectivity index (χ3v) is 5.40. The van der Waals surface area contributed by atoms with Gasteiger partial charge in [-0.2, -0.15) is 0 Å². The first-order chi connectivity index (χ1) is 12.8. The highest BCUT2D eigenvalue weighted by Gasteiger charge is 2.15. The third-order valence-electron chi connectivity index (χ3n) is 3.48. The van der Waals surface area contributed by atoms with Crippen LogP contribution in [0, 0.1) is 5.82 Å². The van der Waals surface area contributed by atoms with Crippen LogP contribution in [-0.4, -0.2) is 19.3 Å². The zero-order chi connectivity index (χ0) is 19.4. The summed E-state index contributed by atoms with van der Waals surface area (Å²) in [5.41, 5.74) is 0.697. The third kappa shape index (κ3) is 4.89. The lowest BCUT2D eigenvalue weighted by molar-refractivity contribution is 0.102. The Morgan fingerprint density at radius 2 is 1.63 bits per heavy atom. The fraction of sp³-hybridized carbons (Fsp3) is 0. The number of anilines is 2. The highest BCUT2D eigenvalue weighted by Crippen LogP contribution is 2.19. The van der Waals surface area contributed by atoms with Gasteiger partial charge in [0.1, 0.15) is 5.82 Å². The number of benzene rings is 2. The maximum atomic E-state index is 12.9. The number of aromatic nitrogens is 1. The standard InChI is InChI=1S/C18H13BrFN3O3S/c19-13-1-7-17(8-2-13)27(25,26)23-16-9-12(10-21-11-16)18(24)22-15-5-3-14(20)4-6-15/h1-11,23H,(H,22,24). The quantitative estimate of drug-likeness (QED) is 0.615. The lowest BCUT2D eigenvalue weighted by Gasteiger charge is -2.10. The zero-order valence-corrected chi connectivity index (χ0v) is 16.1. The summed E-state index contributed by atoms with van der Waals surface area (Å²) in [5.74, 6) is -0.919. The lowest BCUT2D eigenvalue weighted by atomic mass is 10.2. The van der Waals surface area contributed by atoms with Crippen LogP contribution in [0.25, 0.3) is 0 Å². The molecule has 9 heteroatoms. The number of hydrogen-bond donors (Lipinski definition) is 2. The molecule has 0 atom stereocenters. The Morgan fingerprint density at radius 1 is 0.963 bits per heavy atom. The van der Waals surface area contributed by atoms with Crippen molar-refractivity contribution in [1.82, 2.24) is 4.98 Å². The summed E-state index contributed by atoms with van der Waals surface area (Å²) >= 11 is 3.25. The monoisotopic (exact) mass is 449 g/mol. The number of amides is 1. The average Bonchev–Trinajstić information content (AvgIpc) is 2.64. The van der Waals surface area contributed by atoms with Crippen LogP contribution >= 0.6 is 15.9 Å². The highest BCUT2D eigenvalue weighted by atomic mass is 79.9. The van der Waals surface area contributed by atoms with Crippen molar-refractivity contribution < 1.29 is 17.6 Å². The fourth-order valence-electron chi connectivity index (χ4n) is 2.18. The van der Waals surface area contributed by atoms with E-state index in [1.54, 1.807) is 12.1 Å². The Labute approximate surface area is 163 Å². The molecule has 138 valence electrons. The maximum Gasteiger partial charge on any atom is 0.261 e. The minimum absolute atomic E-state index is 0.0758. The predicted octanol–water partition coefficient (Wildman–Crippen LogP) is 4.04. The molecule has 1 heterocycles. The van der Waals surface area contributed by atoms with Crippen molar-refractivity contribution in [2.75, 3.05) is 10.0 Å². The largest absolute Gasteiger partial charge is 0.322 e. The number of sulfonamides is 1. The molecular weight excluding hydrogens is 437 g/mol. The molecule has 0 aliphatic rings. The summed E-state index contributed by atoms with van der Waals surface area (Å²) in [5, 5.41) is 2.59. The minimum atomic E-state index is -3.82. The van der Waals surface area contributed by atoms with Gasteiger partial charge in [0.2, 0.25) is 0 Å². The van der Waals surface area contributed by atoms with Crippen LogP contribution in [0.15, 0.2) is 76.4 Å². The first-order valence-electron chi connectivity index (χ1n) is 7.64. The maximum absolute atomic E-state index is 12.9. The Kier molecular flexibility index (Phi) is 5.52. The molecule has 3 rings (SSSR count). The van der Waals surface area contributed by atoms with E-state index in [-0.39, 0.29) is 16.1 Å². The van der Waals surface area contributed by atoms with E-state index in [0.717, 1.165) is 4.47 Å². The molecule has 2 aromatic carbocycles. The van der Waals surface area contributed by atoms with E-state index in [2.05, 4.69) is 31.0 Å². The van der Waals surface area contributed by atoms with Crippen molar-refractivity contribution in [3.63, 3.8) is 0 Å². The molecule has 0 aliphatic heterocycles. The second-order valence-electron chi connectivity index (χ2n) is 5.48. The Morgan fingerprint density at radius 3 is 2.30 bits per heavy atom. The molecule has 0 radical (unpaired) electrons. The molecule has 1 aromatic heterocycles. The summed E-state index contributed by atoms with van der Waals surface area (Å²) in [6, 6.07) is 12.8. The van der Waals surface area contributed by atoms with Gasteiger partial charge in [0.05, 0.1) is 22.3 Å². The van der Waals surface area contributed by atoms with Crippen LogP contribution < -0.4 is 10.0 Å². The first kappa shape index (κ1) is 19.0. The van der Waals surface area contributed by atoms with Gasteiger partial charge in [-0.3, -0.25) is 14.5 Å². The van der Waals surface area contributed by atoms with E-state index >= 15 is 0 Å². The Balaban J connectivity index is 1.77. The van der Waals surface area contributed by atoms with E-state index in [1.165, 1.54) is 54.9 Å². The number of hydrogen-bond acceptors (Lipinski definition) is 4. The molecule has 6 nitrogen and oxygen atoms in total. The molecule has 1 amide bonds. The van der Waals surface area contributed by atoms with E-state index in [9.17, 15) is 17.6 Å². The van der Waals surface area contributed by atoms with Crippen molar-refractivity contribution in [2.24, 2.45) is 0 Å². The van der Waals surface area contributed by atoms with E-state index < -0.39 is 21.7 Å². The van der Waals surface area contributed by atoms with Gasteiger partial charge in [-0.1, -0.05) is 15.9 Å². The van der Waals surface area contributed by atoms with Crippen LogP contribution in [0.4, 0.5) is 15.8 Å². The molecule has 0 aliphatic carbocycles. The van der Waals surface area contributed by atoms with Crippen molar-refractivity contribution >= 4 is 43.2 Å². The molecule has 3 aromatic rings. The number of carbonyl (C=O) groups is 1. The number of nitrogens with one attached hydrogen (secondary N) is 2. The molecule has 0 saturated carbocycles. The number of pyridine rings is 1. The smallest absolute Gasteiger partial charge is 0.261 e. The van der Waals surface area contributed by atoms with Crippen LogP contribution in [0.1, 0.15) is 10.4 Å². The van der Waals surface area contributed by atoms with Gasteiger partial charge in [-0.05, 0) is 54.6 Å².